The Morgan fingerprint density at radius 3 is 2.71 bits per heavy atom. The summed E-state index contributed by atoms with van der Waals surface area (Å²) in [7, 11) is 0. The van der Waals surface area contributed by atoms with E-state index in [0.717, 1.165) is 12.8 Å². The van der Waals surface area contributed by atoms with Gasteiger partial charge in [-0.1, -0.05) is 0 Å². The van der Waals surface area contributed by atoms with Gasteiger partial charge in [0.25, 0.3) is 0 Å². The number of amides is 3. The van der Waals surface area contributed by atoms with Crippen LogP contribution in [0.1, 0.15) is 19.3 Å². The predicted molar refractivity (Wildman–Crippen MR) is 57.2 cm³/mol. The van der Waals surface area contributed by atoms with Gasteiger partial charge in [-0.2, -0.15) is 5.26 Å². The minimum atomic E-state index is -0.875. The van der Waals surface area contributed by atoms with Crippen molar-refractivity contribution in [1.29, 1.82) is 5.26 Å². The molecule has 1 rings (SSSR count). The van der Waals surface area contributed by atoms with E-state index < -0.39 is 23.8 Å². The van der Waals surface area contributed by atoms with Gasteiger partial charge in [-0.25, -0.2) is 0 Å². The van der Waals surface area contributed by atoms with Gasteiger partial charge < -0.3 is 16.0 Å². The summed E-state index contributed by atoms with van der Waals surface area (Å²) in [5.74, 6) is -2.28. The van der Waals surface area contributed by atoms with Gasteiger partial charge in [0.15, 0.2) is 0 Å². The zero-order chi connectivity index (χ0) is 12.8. The summed E-state index contributed by atoms with van der Waals surface area (Å²) in [5.41, 5.74) is 5.18. The normalized spacial score (nSPS) is 19.2. The summed E-state index contributed by atoms with van der Waals surface area (Å²) in [4.78, 5) is 35.4. The summed E-state index contributed by atoms with van der Waals surface area (Å²) < 4.78 is 0. The number of carbonyl (C=O) groups excluding carboxylic acids is 3. The minimum Gasteiger partial charge on any atom is -0.368 e. The lowest BCUT2D eigenvalue weighted by atomic mass is 10.0. The first-order valence-corrected chi connectivity index (χ1v) is 5.33. The highest BCUT2D eigenvalue weighted by atomic mass is 16.2. The maximum absolute atomic E-state index is 11.7. The van der Waals surface area contributed by atoms with Crippen LogP contribution in [0.4, 0.5) is 0 Å². The van der Waals surface area contributed by atoms with Gasteiger partial charge in [-0.3, -0.25) is 14.4 Å². The van der Waals surface area contributed by atoms with Crippen LogP contribution in [0.5, 0.6) is 0 Å². The molecule has 1 aliphatic heterocycles. The molecule has 0 saturated carbocycles. The Morgan fingerprint density at radius 1 is 1.41 bits per heavy atom. The molecule has 7 heteroatoms. The van der Waals surface area contributed by atoms with Crippen LogP contribution in [0.2, 0.25) is 0 Å². The first-order chi connectivity index (χ1) is 8.07. The van der Waals surface area contributed by atoms with Gasteiger partial charge >= 0.3 is 11.8 Å². The Bertz CT molecular complexity index is 374. The van der Waals surface area contributed by atoms with Crippen molar-refractivity contribution in [1.82, 2.24) is 10.2 Å². The number of carbonyl (C=O) groups is 3. The highest BCUT2D eigenvalue weighted by Crippen LogP contribution is 2.16. The Labute approximate surface area is 98.5 Å². The van der Waals surface area contributed by atoms with E-state index in [-0.39, 0.29) is 6.54 Å². The average molecular weight is 238 g/mol. The summed E-state index contributed by atoms with van der Waals surface area (Å²) in [6.45, 7) is 0.103. The number of nitrogens with two attached hydrogens (primary N) is 1. The fraction of sp³-hybridized carbons (Fsp3) is 0.600. The summed E-state index contributed by atoms with van der Waals surface area (Å²) in [6.07, 6.45) is 2.02. The number of nitriles is 1. The third-order valence-corrected chi connectivity index (χ3v) is 2.61. The minimum absolute atomic E-state index is 0.236. The molecule has 1 atom stereocenters. The Morgan fingerprint density at radius 2 is 2.12 bits per heavy atom. The Kier molecular flexibility index (Phi) is 4.46. The molecule has 1 heterocycles. The van der Waals surface area contributed by atoms with Gasteiger partial charge in [-0.15, -0.1) is 0 Å². The lowest BCUT2D eigenvalue weighted by Crippen LogP contribution is -2.54. The highest BCUT2D eigenvalue weighted by Gasteiger charge is 2.33. The standard InChI is InChI=1S/C10H14N4O3/c11-4-5-13-9(16)10(17)14-6-2-1-3-7(14)8(12)15/h7H,1-3,5-6H2,(H2,12,15)(H,13,16). The first kappa shape index (κ1) is 13.0. The molecule has 1 saturated heterocycles. The number of nitrogens with one attached hydrogen (secondary N) is 1. The van der Waals surface area contributed by atoms with Crippen LogP contribution < -0.4 is 11.1 Å². The molecule has 1 aliphatic rings. The van der Waals surface area contributed by atoms with Crippen molar-refractivity contribution >= 4 is 17.7 Å². The molecule has 0 spiro atoms. The fourth-order valence-corrected chi connectivity index (χ4v) is 1.80. The summed E-state index contributed by atoms with van der Waals surface area (Å²) in [6, 6.07) is 0.978. The molecule has 3 amide bonds. The van der Waals surface area contributed by atoms with Gasteiger partial charge in [0.2, 0.25) is 5.91 Å². The lowest BCUT2D eigenvalue weighted by Gasteiger charge is -2.32. The van der Waals surface area contributed by atoms with Crippen LogP contribution in [-0.2, 0) is 14.4 Å². The molecule has 0 aromatic rings. The van der Waals surface area contributed by atoms with Crippen LogP contribution in [0.15, 0.2) is 0 Å². The van der Waals surface area contributed by atoms with Crippen molar-refractivity contribution in [2.24, 2.45) is 5.73 Å². The predicted octanol–water partition coefficient (Wildman–Crippen LogP) is -1.51. The number of likely N-dealkylation sites (tertiary alicyclic amines) is 1. The topological polar surface area (TPSA) is 116 Å². The van der Waals surface area contributed by atoms with Gasteiger partial charge in [0, 0.05) is 6.54 Å². The van der Waals surface area contributed by atoms with Crippen molar-refractivity contribution in [3.63, 3.8) is 0 Å². The molecule has 0 aromatic heterocycles. The average Bonchev–Trinajstić information content (AvgIpc) is 2.34. The molecule has 0 aliphatic carbocycles. The molecule has 0 aromatic carbocycles. The number of nitrogens with zero attached hydrogens (tertiary/aromatic N) is 2. The van der Waals surface area contributed by atoms with Crippen molar-refractivity contribution < 1.29 is 14.4 Å². The molecule has 3 N–H and O–H groups in total. The zero-order valence-corrected chi connectivity index (χ0v) is 9.31. The summed E-state index contributed by atoms with van der Waals surface area (Å²) >= 11 is 0. The van der Waals surface area contributed by atoms with E-state index >= 15 is 0 Å². The van der Waals surface area contributed by atoms with Crippen molar-refractivity contribution in [2.75, 3.05) is 13.1 Å². The van der Waals surface area contributed by atoms with E-state index in [0.29, 0.717) is 13.0 Å². The van der Waals surface area contributed by atoms with E-state index in [1.165, 1.54) is 4.90 Å². The number of primary amides is 1. The number of piperidine rings is 1. The van der Waals surface area contributed by atoms with E-state index in [4.69, 9.17) is 11.0 Å². The molecule has 0 radical (unpaired) electrons. The van der Waals surface area contributed by atoms with Crippen molar-refractivity contribution in [3.8, 4) is 6.07 Å². The quantitative estimate of drug-likeness (QED) is 0.449. The second kappa shape index (κ2) is 5.84. The maximum atomic E-state index is 11.7. The summed E-state index contributed by atoms with van der Waals surface area (Å²) in [5, 5.41) is 10.4. The molecule has 7 nitrogen and oxygen atoms in total. The molecule has 1 fully saturated rings. The molecule has 17 heavy (non-hydrogen) atoms. The highest BCUT2D eigenvalue weighted by molar-refractivity contribution is 6.35. The van der Waals surface area contributed by atoms with Gasteiger partial charge in [0.05, 0.1) is 6.07 Å². The van der Waals surface area contributed by atoms with Gasteiger partial charge in [-0.05, 0) is 19.3 Å². The van der Waals surface area contributed by atoms with Crippen LogP contribution in [0.25, 0.3) is 0 Å². The van der Waals surface area contributed by atoms with Crippen LogP contribution >= 0.6 is 0 Å². The molecule has 0 bridgehead atoms. The fourth-order valence-electron chi connectivity index (χ4n) is 1.80. The number of hydrogen-bond donors (Lipinski definition) is 2. The second-order valence-corrected chi connectivity index (χ2v) is 3.75. The van der Waals surface area contributed by atoms with Gasteiger partial charge in [0.1, 0.15) is 12.6 Å². The zero-order valence-electron chi connectivity index (χ0n) is 9.31. The van der Waals surface area contributed by atoms with E-state index in [1.807, 2.05) is 0 Å². The SMILES string of the molecule is N#CCNC(=O)C(=O)N1CCCCC1C(N)=O. The maximum Gasteiger partial charge on any atom is 0.312 e. The molecular formula is C10H14N4O3. The smallest absolute Gasteiger partial charge is 0.312 e. The van der Waals surface area contributed by atoms with Crippen molar-refractivity contribution in [2.45, 2.75) is 25.3 Å². The lowest BCUT2D eigenvalue weighted by molar-refractivity contribution is -0.150. The molecule has 1 unspecified atom stereocenters. The Balaban J connectivity index is 2.68. The first-order valence-electron chi connectivity index (χ1n) is 5.33. The van der Waals surface area contributed by atoms with Crippen LogP contribution in [0.3, 0.4) is 0 Å². The monoisotopic (exact) mass is 238 g/mol. The van der Waals surface area contributed by atoms with E-state index in [2.05, 4.69) is 5.32 Å². The second-order valence-electron chi connectivity index (χ2n) is 3.75. The van der Waals surface area contributed by atoms with Crippen LogP contribution in [-0.4, -0.2) is 41.8 Å². The third kappa shape index (κ3) is 3.17. The Hall–Kier alpha value is -2.10. The van der Waals surface area contributed by atoms with E-state index in [9.17, 15) is 14.4 Å². The third-order valence-electron chi connectivity index (χ3n) is 2.61. The number of rotatable bonds is 2. The van der Waals surface area contributed by atoms with Crippen LogP contribution in [0, 0.1) is 11.3 Å². The van der Waals surface area contributed by atoms with Crippen molar-refractivity contribution in [3.05, 3.63) is 0 Å². The largest absolute Gasteiger partial charge is 0.368 e. The molecular weight excluding hydrogens is 224 g/mol. The van der Waals surface area contributed by atoms with E-state index in [1.54, 1.807) is 6.07 Å². The number of hydrogen-bond acceptors (Lipinski definition) is 4. The molecule has 92 valence electrons.